The number of rotatable bonds is 8. The Morgan fingerprint density at radius 2 is 1.69 bits per heavy atom. The normalized spacial score (nSPS) is 12.5. The third-order valence-corrected chi connectivity index (χ3v) is 7.32. The first-order valence-electron chi connectivity index (χ1n) is 11.3. The summed E-state index contributed by atoms with van der Waals surface area (Å²) < 4.78 is 44.4. The van der Waals surface area contributed by atoms with Crippen LogP contribution in [0.4, 0.5) is 11.4 Å². The number of esters is 1. The van der Waals surface area contributed by atoms with Crippen molar-refractivity contribution in [1.29, 1.82) is 0 Å². The molecule has 188 valence electrons. The van der Waals surface area contributed by atoms with Gasteiger partial charge in [-0.25, -0.2) is 13.2 Å². The van der Waals surface area contributed by atoms with Gasteiger partial charge in [0.2, 0.25) is 5.91 Å². The minimum absolute atomic E-state index is 0.0354. The van der Waals surface area contributed by atoms with Gasteiger partial charge in [0.1, 0.15) is 19.8 Å². The van der Waals surface area contributed by atoms with Crippen LogP contribution in [0.3, 0.4) is 0 Å². The van der Waals surface area contributed by atoms with Crippen molar-refractivity contribution < 1.29 is 32.2 Å². The Bertz CT molecular complexity index is 1370. The second-order valence-corrected chi connectivity index (χ2v) is 9.76. The maximum atomic E-state index is 13.6. The molecule has 0 saturated carbocycles. The lowest BCUT2D eigenvalue weighted by atomic mass is 10.1. The van der Waals surface area contributed by atoms with Crippen LogP contribution in [0.2, 0.25) is 0 Å². The lowest BCUT2D eigenvalue weighted by Crippen LogP contribution is -2.38. The second kappa shape index (κ2) is 10.7. The molecular weight excluding hydrogens is 484 g/mol. The quantitative estimate of drug-likeness (QED) is 0.459. The zero-order chi connectivity index (χ0) is 25.7. The predicted molar refractivity (Wildman–Crippen MR) is 134 cm³/mol. The first-order chi connectivity index (χ1) is 17.3. The molecule has 0 aromatic heterocycles. The molecule has 4 rings (SSSR count). The van der Waals surface area contributed by atoms with Crippen molar-refractivity contribution in [2.75, 3.05) is 36.0 Å². The van der Waals surface area contributed by atoms with E-state index in [2.05, 4.69) is 5.32 Å². The Morgan fingerprint density at radius 1 is 0.972 bits per heavy atom. The van der Waals surface area contributed by atoms with Crippen molar-refractivity contribution in [1.82, 2.24) is 0 Å². The molecule has 1 N–H and O–H groups in total. The SMILES string of the molecule is CCOC(=O)c1cccc(NC(=O)CN(c2ccc3c(c2)OCCO3)S(=O)(=O)c2ccccc2)c1C. The number of benzene rings is 3. The van der Waals surface area contributed by atoms with Gasteiger partial charge >= 0.3 is 5.97 Å². The minimum Gasteiger partial charge on any atom is -0.486 e. The summed E-state index contributed by atoms with van der Waals surface area (Å²) in [4.78, 5) is 25.4. The van der Waals surface area contributed by atoms with Gasteiger partial charge in [-0.05, 0) is 55.8 Å². The van der Waals surface area contributed by atoms with E-state index in [-0.39, 0.29) is 17.2 Å². The summed E-state index contributed by atoms with van der Waals surface area (Å²) in [6.07, 6.45) is 0. The molecule has 3 aromatic carbocycles. The summed E-state index contributed by atoms with van der Waals surface area (Å²) in [6, 6.07) is 17.4. The van der Waals surface area contributed by atoms with E-state index in [4.69, 9.17) is 14.2 Å². The predicted octanol–water partition coefficient (Wildman–Crippen LogP) is 3.78. The molecule has 0 atom stereocenters. The van der Waals surface area contributed by atoms with Crippen LogP contribution in [0.15, 0.2) is 71.6 Å². The molecule has 0 unspecified atom stereocenters. The first-order valence-corrected chi connectivity index (χ1v) is 12.8. The molecule has 0 radical (unpaired) electrons. The standard InChI is InChI=1S/C26H26N2O7S/c1-3-33-26(30)21-10-7-11-22(18(21)2)27-25(29)17-28(36(31,32)20-8-5-4-6-9-20)19-12-13-23-24(16-19)35-15-14-34-23/h4-13,16H,3,14-15,17H2,1-2H3,(H,27,29). The fraction of sp³-hybridized carbons (Fsp3) is 0.231. The van der Waals surface area contributed by atoms with Crippen molar-refractivity contribution in [2.24, 2.45) is 0 Å². The number of fused-ring (bicyclic) bond motifs is 1. The van der Waals surface area contributed by atoms with E-state index < -0.39 is 28.4 Å². The second-order valence-electron chi connectivity index (χ2n) is 7.90. The van der Waals surface area contributed by atoms with Gasteiger partial charge in [0.25, 0.3) is 10.0 Å². The average molecular weight is 511 g/mol. The molecule has 1 amide bonds. The molecule has 1 heterocycles. The van der Waals surface area contributed by atoms with Crippen molar-refractivity contribution >= 4 is 33.3 Å². The number of nitrogens with one attached hydrogen (secondary N) is 1. The van der Waals surface area contributed by atoms with Crippen molar-refractivity contribution in [3.8, 4) is 11.5 Å². The summed E-state index contributed by atoms with van der Waals surface area (Å²) in [5, 5.41) is 2.72. The van der Waals surface area contributed by atoms with Gasteiger partial charge in [-0.2, -0.15) is 0 Å². The molecule has 0 aliphatic carbocycles. The number of carbonyl (C=O) groups excluding carboxylic acids is 2. The van der Waals surface area contributed by atoms with E-state index >= 15 is 0 Å². The zero-order valence-corrected chi connectivity index (χ0v) is 20.7. The minimum atomic E-state index is -4.11. The number of sulfonamides is 1. The Kier molecular flexibility index (Phi) is 7.44. The van der Waals surface area contributed by atoms with Crippen LogP contribution in [0, 0.1) is 6.92 Å². The van der Waals surface area contributed by atoms with E-state index in [1.54, 1.807) is 62.4 Å². The highest BCUT2D eigenvalue weighted by Crippen LogP contribution is 2.35. The summed E-state index contributed by atoms with van der Waals surface area (Å²) in [7, 11) is -4.11. The number of hydrogen-bond acceptors (Lipinski definition) is 7. The van der Waals surface area contributed by atoms with Crippen LogP contribution >= 0.6 is 0 Å². The van der Waals surface area contributed by atoms with Gasteiger partial charge in [0, 0.05) is 11.8 Å². The number of ether oxygens (including phenoxy) is 3. The van der Waals surface area contributed by atoms with E-state index in [1.165, 1.54) is 18.2 Å². The van der Waals surface area contributed by atoms with Gasteiger partial charge in [-0.3, -0.25) is 9.10 Å². The lowest BCUT2D eigenvalue weighted by Gasteiger charge is -2.26. The van der Waals surface area contributed by atoms with Gasteiger partial charge in [0.15, 0.2) is 11.5 Å². The van der Waals surface area contributed by atoms with Crippen LogP contribution in [0.5, 0.6) is 11.5 Å². The molecule has 3 aromatic rings. The van der Waals surface area contributed by atoms with E-state index in [9.17, 15) is 18.0 Å². The highest BCUT2D eigenvalue weighted by Gasteiger charge is 2.29. The summed E-state index contributed by atoms with van der Waals surface area (Å²) >= 11 is 0. The molecule has 0 spiro atoms. The van der Waals surface area contributed by atoms with Crippen molar-refractivity contribution in [3.63, 3.8) is 0 Å². The number of anilines is 2. The largest absolute Gasteiger partial charge is 0.486 e. The number of amides is 1. The third kappa shape index (κ3) is 5.28. The average Bonchev–Trinajstić information content (AvgIpc) is 2.89. The highest BCUT2D eigenvalue weighted by atomic mass is 32.2. The monoisotopic (exact) mass is 510 g/mol. The third-order valence-electron chi connectivity index (χ3n) is 5.54. The van der Waals surface area contributed by atoms with Crippen LogP contribution < -0.4 is 19.1 Å². The van der Waals surface area contributed by atoms with Crippen LogP contribution in [-0.4, -0.2) is 46.7 Å². The fourth-order valence-corrected chi connectivity index (χ4v) is 5.18. The summed E-state index contributed by atoms with van der Waals surface area (Å²) in [5.41, 5.74) is 1.45. The molecule has 0 saturated heterocycles. The molecule has 36 heavy (non-hydrogen) atoms. The Morgan fingerprint density at radius 3 is 2.42 bits per heavy atom. The van der Waals surface area contributed by atoms with Crippen molar-refractivity contribution in [3.05, 3.63) is 77.9 Å². The maximum absolute atomic E-state index is 13.6. The van der Waals surface area contributed by atoms with Gasteiger partial charge < -0.3 is 19.5 Å². The smallest absolute Gasteiger partial charge is 0.338 e. The Hall–Kier alpha value is -4.05. The van der Waals surface area contributed by atoms with Gasteiger partial charge in [0.05, 0.1) is 22.8 Å². The highest BCUT2D eigenvalue weighted by molar-refractivity contribution is 7.92. The summed E-state index contributed by atoms with van der Waals surface area (Å²) in [5.74, 6) is -0.201. The molecular formula is C26H26N2O7S. The van der Waals surface area contributed by atoms with E-state index in [1.807, 2.05) is 0 Å². The lowest BCUT2D eigenvalue weighted by molar-refractivity contribution is -0.114. The molecule has 9 nitrogen and oxygen atoms in total. The van der Waals surface area contributed by atoms with Crippen LogP contribution in [0.1, 0.15) is 22.8 Å². The zero-order valence-electron chi connectivity index (χ0n) is 19.9. The van der Waals surface area contributed by atoms with E-state index in [0.29, 0.717) is 41.5 Å². The summed E-state index contributed by atoms with van der Waals surface area (Å²) in [6.45, 7) is 3.82. The van der Waals surface area contributed by atoms with Crippen LogP contribution in [0.25, 0.3) is 0 Å². The van der Waals surface area contributed by atoms with Crippen LogP contribution in [-0.2, 0) is 19.6 Å². The number of nitrogens with zero attached hydrogens (tertiary/aromatic N) is 1. The van der Waals surface area contributed by atoms with Crippen molar-refractivity contribution in [2.45, 2.75) is 18.7 Å². The van der Waals surface area contributed by atoms with E-state index in [0.717, 1.165) is 4.31 Å². The maximum Gasteiger partial charge on any atom is 0.338 e. The molecule has 0 fully saturated rings. The number of carbonyl (C=O) groups is 2. The van der Waals surface area contributed by atoms with Gasteiger partial charge in [-0.15, -0.1) is 0 Å². The fourth-order valence-electron chi connectivity index (χ4n) is 3.74. The molecule has 0 bridgehead atoms. The Balaban J connectivity index is 1.66. The number of hydrogen-bond donors (Lipinski definition) is 1. The Labute approximate surface area is 209 Å². The molecule has 1 aliphatic rings. The first kappa shape index (κ1) is 25.1. The topological polar surface area (TPSA) is 111 Å². The molecule has 1 aliphatic heterocycles. The molecule has 10 heteroatoms. The van der Waals surface area contributed by atoms with Gasteiger partial charge in [-0.1, -0.05) is 24.3 Å².